The van der Waals surface area contributed by atoms with E-state index in [1.54, 1.807) is 12.1 Å². The van der Waals surface area contributed by atoms with Crippen molar-refractivity contribution in [3.05, 3.63) is 66.4 Å². The summed E-state index contributed by atoms with van der Waals surface area (Å²) >= 11 is 0. The highest BCUT2D eigenvalue weighted by atomic mass is 19.3. The quantitative estimate of drug-likeness (QED) is 0.789. The van der Waals surface area contributed by atoms with E-state index in [4.69, 9.17) is 0 Å². The lowest BCUT2D eigenvalue weighted by molar-refractivity contribution is -0.0501. The van der Waals surface area contributed by atoms with Crippen LogP contribution in [0, 0.1) is 0 Å². The number of nitrogens with zero attached hydrogens (tertiary/aromatic N) is 1. The van der Waals surface area contributed by atoms with E-state index in [1.165, 1.54) is 24.4 Å². The van der Waals surface area contributed by atoms with Gasteiger partial charge in [0, 0.05) is 5.39 Å². The summed E-state index contributed by atoms with van der Waals surface area (Å²) in [6.45, 7) is -2.99. The second-order valence-electron chi connectivity index (χ2n) is 4.75. The Morgan fingerprint density at radius 1 is 1.09 bits per heavy atom. The summed E-state index contributed by atoms with van der Waals surface area (Å²) in [6, 6.07) is 15.0. The number of alkyl halides is 2. The third-order valence-electron chi connectivity index (χ3n) is 3.20. The van der Waals surface area contributed by atoms with Gasteiger partial charge < -0.3 is 10.1 Å². The number of aromatic nitrogens is 1. The largest absolute Gasteiger partial charge is 0.434 e. The maximum absolute atomic E-state index is 12.4. The van der Waals surface area contributed by atoms with Crippen molar-refractivity contribution in [1.82, 2.24) is 4.98 Å². The lowest BCUT2D eigenvalue weighted by Crippen LogP contribution is -2.15. The first-order chi connectivity index (χ1) is 11.1. The average molecular weight is 314 g/mol. The van der Waals surface area contributed by atoms with Gasteiger partial charge in [0.15, 0.2) is 0 Å². The van der Waals surface area contributed by atoms with Crippen molar-refractivity contribution >= 4 is 22.5 Å². The number of para-hydroxylation sites is 2. The van der Waals surface area contributed by atoms with Crippen LogP contribution in [0.15, 0.2) is 60.8 Å². The summed E-state index contributed by atoms with van der Waals surface area (Å²) in [6.07, 6.45) is 1.51. The molecule has 116 valence electrons. The number of benzene rings is 2. The lowest BCUT2D eigenvalue weighted by atomic mass is 10.1. The molecule has 0 fully saturated rings. The van der Waals surface area contributed by atoms with E-state index in [2.05, 4.69) is 15.0 Å². The monoisotopic (exact) mass is 314 g/mol. The molecule has 6 heteroatoms. The van der Waals surface area contributed by atoms with Gasteiger partial charge in [-0.1, -0.05) is 30.3 Å². The molecule has 1 N–H and O–H groups in total. The van der Waals surface area contributed by atoms with Crippen LogP contribution in [0.2, 0.25) is 0 Å². The second kappa shape index (κ2) is 6.39. The number of anilines is 1. The van der Waals surface area contributed by atoms with Crippen molar-refractivity contribution in [2.24, 2.45) is 0 Å². The molecule has 0 spiro atoms. The Hall–Kier alpha value is -3.02. The number of rotatable bonds is 4. The van der Waals surface area contributed by atoms with Crippen LogP contribution < -0.4 is 10.1 Å². The van der Waals surface area contributed by atoms with Gasteiger partial charge in [-0.15, -0.1) is 0 Å². The van der Waals surface area contributed by atoms with Gasteiger partial charge in [0.2, 0.25) is 0 Å². The number of carbonyl (C=O) groups is 1. The summed E-state index contributed by atoms with van der Waals surface area (Å²) in [5, 5.41) is 3.50. The van der Waals surface area contributed by atoms with Gasteiger partial charge in [0.25, 0.3) is 5.91 Å². The van der Waals surface area contributed by atoms with Crippen LogP contribution in [0.1, 0.15) is 10.4 Å². The minimum Gasteiger partial charge on any atom is -0.434 e. The van der Waals surface area contributed by atoms with Crippen LogP contribution in [0.5, 0.6) is 5.75 Å². The fourth-order valence-corrected chi connectivity index (χ4v) is 2.19. The Bertz CT molecular complexity index is 853. The van der Waals surface area contributed by atoms with Crippen LogP contribution in [0.4, 0.5) is 14.5 Å². The Morgan fingerprint density at radius 2 is 1.83 bits per heavy atom. The number of ether oxygens (including phenoxy) is 1. The fourth-order valence-electron chi connectivity index (χ4n) is 2.19. The third-order valence-corrected chi connectivity index (χ3v) is 3.20. The van der Waals surface area contributed by atoms with E-state index < -0.39 is 12.5 Å². The molecule has 23 heavy (non-hydrogen) atoms. The summed E-state index contributed by atoms with van der Waals surface area (Å²) in [5.41, 5.74) is 1.30. The van der Waals surface area contributed by atoms with Gasteiger partial charge in [-0.3, -0.25) is 9.78 Å². The first-order valence-electron chi connectivity index (χ1n) is 6.83. The van der Waals surface area contributed by atoms with Crippen molar-refractivity contribution in [1.29, 1.82) is 0 Å². The van der Waals surface area contributed by atoms with Crippen LogP contribution in [0.25, 0.3) is 10.9 Å². The molecule has 0 aliphatic rings. The van der Waals surface area contributed by atoms with E-state index in [9.17, 15) is 13.6 Å². The highest BCUT2D eigenvalue weighted by Gasteiger charge is 2.15. The molecule has 1 amide bonds. The minimum atomic E-state index is -2.99. The highest BCUT2D eigenvalue weighted by Crippen LogP contribution is 2.22. The molecule has 0 radical (unpaired) electrons. The Labute approximate surface area is 130 Å². The van der Waals surface area contributed by atoms with E-state index in [-0.39, 0.29) is 11.3 Å². The Kier molecular flexibility index (Phi) is 4.14. The van der Waals surface area contributed by atoms with Crippen LogP contribution in [-0.2, 0) is 0 Å². The summed E-state index contributed by atoms with van der Waals surface area (Å²) in [7, 11) is 0. The predicted molar refractivity (Wildman–Crippen MR) is 82.8 cm³/mol. The first kappa shape index (κ1) is 14.9. The topological polar surface area (TPSA) is 51.2 Å². The van der Waals surface area contributed by atoms with Crippen molar-refractivity contribution in [3.8, 4) is 5.75 Å². The van der Waals surface area contributed by atoms with Crippen molar-refractivity contribution in [2.45, 2.75) is 6.61 Å². The number of halogens is 2. The van der Waals surface area contributed by atoms with E-state index in [0.29, 0.717) is 5.69 Å². The summed E-state index contributed by atoms with van der Waals surface area (Å²) in [4.78, 5) is 16.5. The molecule has 0 aliphatic carbocycles. The number of hydrogen-bond donors (Lipinski definition) is 1. The first-order valence-corrected chi connectivity index (χ1v) is 6.83. The molecular formula is C17H12F2N2O2. The molecule has 0 unspecified atom stereocenters. The number of pyridine rings is 1. The standard InChI is InChI=1S/C17H12F2N2O2/c18-17(19)23-15-8-4-2-6-13(15)16(22)21-12-9-11-5-1-3-7-14(11)20-10-12/h1-10,17H,(H,21,22). The predicted octanol–water partition coefficient (Wildman–Crippen LogP) is 4.09. The normalized spacial score (nSPS) is 10.7. The summed E-state index contributed by atoms with van der Waals surface area (Å²) in [5.74, 6) is -0.716. The maximum atomic E-state index is 12.4. The van der Waals surface area contributed by atoms with Gasteiger partial charge in [-0.2, -0.15) is 8.78 Å². The lowest BCUT2D eigenvalue weighted by Gasteiger charge is -2.11. The molecule has 0 saturated heterocycles. The number of nitrogens with one attached hydrogen (secondary N) is 1. The highest BCUT2D eigenvalue weighted by molar-refractivity contribution is 6.06. The van der Waals surface area contributed by atoms with Gasteiger partial charge in [-0.25, -0.2) is 0 Å². The van der Waals surface area contributed by atoms with E-state index >= 15 is 0 Å². The molecule has 0 atom stereocenters. The third kappa shape index (κ3) is 3.42. The zero-order valence-corrected chi connectivity index (χ0v) is 11.9. The van der Waals surface area contributed by atoms with Crippen molar-refractivity contribution in [3.63, 3.8) is 0 Å². The number of hydrogen-bond acceptors (Lipinski definition) is 3. The smallest absolute Gasteiger partial charge is 0.387 e. The molecule has 2 aromatic carbocycles. The van der Waals surface area contributed by atoms with Crippen molar-refractivity contribution in [2.75, 3.05) is 5.32 Å². The van der Waals surface area contributed by atoms with Crippen LogP contribution >= 0.6 is 0 Å². The number of fused-ring (bicyclic) bond motifs is 1. The molecule has 3 aromatic rings. The maximum Gasteiger partial charge on any atom is 0.387 e. The molecule has 0 bridgehead atoms. The number of carbonyl (C=O) groups excluding carboxylic acids is 1. The van der Waals surface area contributed by atoms with Gasteiger partial charge in [0.1, 0.15) is 5.75 Å². The zero-order chi connectivity index (χ0) is 16.2. The summed E-state index contributed by atoms with van der Waals surface area (Å²) < 4.78 is 29.2. The molecular weight excluding hydrogens is 302 g/mol. The number of amides is 1. The van der Waals surface area contributed by atoms with Gasteiger partial charge in [-0.05, 0) is 24.3 Å². The average Bonchev–Trinajstić information content (AvgIpc) is 2.54. The zero-order valence-electron chi connectivity index (χ0n) is 11.9. The molecule has 0 saturated carbocycles. The van der Waals surface area contributed by atoms with Crippen molar-refractivity contribution < 1.29 is 18.3 Å². The molecule has 3 rings (SSSR count). The van der Waals surface area contributed by atoms with E-state index in [1.807, 2.05) is 24.3 Å². The second-order valence-corrected chi connectivity index (χ2v) is 4.75. The van der Waals surface area contributed by atoms with Gasteiger partial charge >= 0.3 is 6.61 Å². The Balaban J connectivity index is 1.86. The molecule has 0 aliphatic heterocycles. The minimum absolute atomic E-state index is 0.0287. The van der Waals surface area contributed by atoms with E-state index in [0.717, 1.165) is 10.9 Å². The van der Waals surface area contributed by atoms with Gasteiger partial charge in [0.05, 0.1) is 23.0 Å². The molecule has 1 aromatic heterocycles. The van der Waals surface area contributed by atoms with Crippen LogP contribution in [-0.4, -0.2) is 17.5 Å². The Morgan fingerprint density at radius 3 is 2.65 bits per heavy atom. The SMILES string of the molecule is O=C(Nc1cnc2ccccc2c1)c1ccccc1OC(F)F. The molecule has 1 heterocycles. The van der Waals surface area contributed by atoms with Crippen LogP contribution in [0.3, 0.4) is 0 Å². The fraction of sp³-hybridized carbons (Fsp3) is 0.0588. The molecule has 4 nitrogen and oxygen atoms in total.